The summed E-state index contributed by atoms with van der Waals surface area (Å²) in [5, 5.41) is 22.3. The topological polar surface area (TPSA) is 71.4 Å². The van der Waals surface area contributed by atoms with Crippen molar-refractivity contribution in [3.05, 3.63) is 23.3 Å². The second-order valence-corrected chi connectivity index (χ2v) is 7.94. The van der Waals surface area contributed by atoms with Crippen molar-refractivity contribution in [2.45, 2.75) is 54.6 Å². The first-order valence-corrected chi connectivity index (χ1v) is 9.00. The summed E-state index contributed by atoms with van der Waals surface area (Å²) in [6.07, 6.45) is 1.78. The van der Waals surface area contributed by atoms with E-state index in [2.05, 4.69) is 4.90 Å². The first-order chi connectivity index (χ1) is 11.9. The van der Waals surface area contributed by atoms with E-state index in [1.165, 1.54) is 0 Å². The van der Waals surface area contributed by atoms with Gasteiger partial charge >= 0.3 is 0 Å². The predicted octanol–water partition coefficient (Wildman–Crippen LogP) is 1.33. The van der Waals surface area contributed by atoms with Crippen molar-refractivity contribution in [1.82, 2.24) is 4.90 Å². The molecule has 2 N–H and O–H groups in total. The Kier molecular flexibility index (Phi) is 2.97. The van der Waals surface area contributed by atoms with Crippen molar-refractivity contribution in [1.29, 1.82) is 0 Å². The Balaban J connectivity index is 1.87. The van der Waals surface area contributed by atoms with Crippen LogP contribution in [0.5, 0.6) is 11.5 Å². The molecule has 2 saturated heterocycles. The number of aliphatic hydroxyl groups excluding tert-OH is 1. The highest BCUT2D eigenvalue weighted by atomic mass is 16.7. The molecule has 1 unspecified atom stereocenters. The molecular weight excluding hydrogens is 322 g/mol. The highest BCUT2D eigenvalue weighted by molar-refractivity contribution is 5.61. The van der Waals surface area contributed by atoms with Gasteiger partial charge in [0.05, 0.1) is 25.9 Å². The number of aliphatic hydroxyl groups is 2. The number of likely N-dealkylation sites (tertiary alicyclic amines) is 1. The van der Waals surface area contributed by atoms with Gasteiger partial charge in [-0.05, 0) is 44.5 Å². The van der Waals surface area contributed by atoms with Crippen LogP contribution in [0.25, 0.3) is 0 Å². The van der Waals surface area contributed by atoms with E-state index in [4.69, 9.17) is 14.2 Å². The Labute approximate surface area is 147 Å². The number of benzene rings is 1. The molecule has 3 fully saturated rings. The number of nitrogens with zero attached hydrogens (tertiary/aromatic N) is 1. The van der Waals surface area contributed by atoms with Crippen molar-refractivity contribution in [3.8, 4) is 11.5 Å². The summed E-state index contributed by atoms with van der Waals surface area (Å²) in [7, 11) is 5.35. The monoisotopic (exact) mass is 347 g/mol. The highest BCUT2D eigenvalue weighted by Gasteiger charge is 2.80. The quantitative estimate of drug-likeness (QED) is 0.841. The fourth-order valence-electron chi connectivity index (χ4n) is 6.46. The molecule has 2 aliphatic carbocycles. The predicted molar refractivity (Wildman–Crippen MR) is 89.8 cm³/mol. The lowest BCUT2D eigenvalue weighted by atomic mass is 9.51. The molecule has 2 aliphatic heterocycles. The van der Waals surface area contributed by atoms with Gasteiger partial charge in [-0.15, -0.1) is 0 Å². The largest absolute Gasteiger partial charge is 0.493 e. The molecule has 2 heterocycles. The van der Waals surface area contributed by atoms with Gasteiger partial charge in [-0.2, -0.15) is 0 Å². The lowest BCUT2D eigenvalue weighted by molar-refractivity contribution is -0.305. The van der Waals surface area contributed by atoms with E-state index >= 15 is 0 Å². The molecule has 5 atom stereocenters. The molecule has 1 aromatic rings. The maximum Gasteiger partial charge on any atom is 0.212 e. The maximum absolute atomic E-state index is 11.6. The van der Waals surface area contributed by atoms with E-state index in [1.807, 2.05) is 19.2 Å². The third-order valence-electron chi connectivity index (χ3n) is 7.41. The van der Waals surface area contributed by atoms with Crippen LogP contribution < -0.4 is 9.47 Å². The zero-order chi connectivity index (χ0) is 17.6. The highest BCUT2D eigenvalue weighted by Crippen LogP contribution is 2.72. The van der Waals surface area contributed by atoms with Gasteiger partial charge in [-0.3, -0.25) is 4.90 Å². The fraction of sp³-hybridized carbons (Fsp3) is 0.684. The number of rotatable bonds is 2. The summed E-state index contributed by atoms with van der Waals surface area (Å²) in [4.78, 5) is 2.21. The lowest BCUT2D eigenvalue weighted by Gasteiger charge is -2.58. The Bertz CT molecular complexity index is 754. The van der Waals surface area contributed by atoms with E-state index in [9.17, 15) is 10.2 Å². The first kappa shape index (κ1) is 15.9. The SMILES string of the molecule is COc1ccc2c(c1OC)[C@]13CCC(O)[C@]4(O)O[C@H]2C[C@]14N(C)CC3. The van der Waals surface area contributed by atoms with Gasteiger partial charge in [0.15, 0.2) is 11.5 Å². The third-order valence-corrected chi connectivity index (χ3v) is 7.41. The number of ether oxygens (including phenoxy) is 3. The number of fused-ring (bicyclic) bond motifs is 3. The van der Waals surface area contributed by atoms with Crippen molar-refractivity contribution >= 4 is 0 Å². The van der Waals surface area contributed by atoms with Gasteiger partial charge in [-0.25, -0.2) is 0 Å². The molecule has 5 rings (SSSR count). The second kappa shape index (κ2) is 4.68. The number of hydrogen-bond acceptors (Lipinski definition) is 6. The summed E-state index contributed by atoms with van der Waals surface area (Å²) in [5.74, 6) is -0.108. The van der Waals surface area contributed by atoms with Crippen molar-refractivity contribution < 1.29 is 24.4 Å². The minimum atomic E-state index is -1.56. The molecule has 0 aromatic heterocycles. The van der Waals surface area contributed by atoms with Crippen LogP contribution in [0.1, 0.15) is 42.9 Å². The smallest absolute Gasteiger partial charge is 0.212 e. The Hall–Kier alpha value is -1.34. The summed E-state index contributed by atoms with van der Waals surface area (Å²) in [6, 6.07) is 3.95. The second-order valence-electron chi connectivity index (χ2n) is 7.94. The minimum Gasteiger partial charge on any atom is -0.493 e. The molecule has 2 bridgehead atoms. The average Bonchev–Trinajstić information content (AvgIpc) is 3.10. The number of likely N-dealkylation sites (N-methyl/N-ethyl adjacent to an activating group) is 1. The number of hydrogen-bond donors (Lipinski definition) is 2. The van der Waals surface area contributed by atoms with Gasteiger partial charge in [0.25, 0.3) is 0 Å². The summed E-state index contributed by atoms with van der Waals surface area (Å²) in [5.41, 5.74) is 1.23. The molecule has 1 spiro atoms. The third kappa shape index (κ3) is 1.45. The standard InChI is InChI=1S/C19H25NO5/c1-20-9-8-17-7-6-14(21)19(22)18(17,20)10-13(25-19)11-4-5-12(23-2)16(24-3)15(11)17/h4-5,13-14,21-22H,6-10H2,1-3H3/t13-,14?,17+,18-,19-/m0/s1. The van der Waals surface area contributed by atoms with Gasteiger partial charge in [-0.1, -0.05) is 6.07 Å². The van der Waals surface area contributed by atoms with E-state index in [0.29, 0.717) is 18.6 Å². The van der Waals surface area contributed by atoms with Gasteiger partial charge < -0.3 is 24.4 Å². The van der Waals surface area contributed by atoms with Crippen molar-refractivity contribution in [2.24, 2.45) is 0 Å². The van der Waals surface area contributed by atoms with E-state index in [-0.39, 0.29) is 11.5 Å². The minimum absolute atomic E-state index is 0.249. The molecule has 25 heavy (non-hydrogen) atoms. The molecule has 1 aromatic carbocycles. The normalized spacial score (nSPS) is 44.4. The van der Waals surface area contributed by atoms with Crippen LogP contribution in [0.3, 0.4) is 0 Å². The van der Waals surface area contributed by atoms with Gasteiger partial charge in [0.2, 0.25) is 5.79 Å². The Morgan fingerprint density at radius 2 is 2.04 bits per heavy atom. The summed E-state index contributed by atoms with van der Waals surface area (Å²) >= 11 is 0. The van der Waals surface area contributed by atoms with Crippen LogP contribution in [0, 0.1) is 0 Å². The van der Waals surface area contributed by atoms with Crippen LogP contribution in [0.4, 0.5) is 0 Å². The molecular formula is C19H25NO5. The first-order valence-electron chi connectivity index (χ1n) is 9.00. The summed E-state index contributed by atoms with van der Waals surface area (Å²) < 4.78 is 17.6. The van der Waals surface area contributed by atoms with Crippen LogP contribution in [0.2, 0.25) is 0 Å². The fourth-order valence-corrected chi connectivity index (χ4v) is 6.46. The number of methoxy groups -OCH3 is 2. The Morgan fingerprint density at radius 3 is 2.76 bits per heavy atom. The molecule has 4 aliphatic rings. The van der Waals surface area contributed by atoms with Crippen LogP contribution in [-0.2, 0) is 10.2 Å². The van der Waals surface area contributed by atoms with E-state index < -0.39 is 17.4 Å². The molecule has 1 saturated carbocycles. The molecule has 6 nitrogen and oxygen atoms in total. The van der Waals surface area contributed by atoms with Gasteiger partial charge in [0, 0.05) is 17.4 Å². The Morgan fingerprint density at radius 1 is 1.24 bits per heavy atom. The summed E-state index contributed by atoms with van der Waals surface area (Å²) in [6.45, 7) is 0.852. The van der Waals surface area contributed by atoms with Gasteiger partial charge in [0.1, 0.15) is 6.10 Å². The molecule has 6 heteroatoms. The molecule has 136 valence electrons. The van der Waals surface area contributed by atoms with Crippen LogP contribution in [0.15, 0.2) is 12.1 Å². The lowest BCUT2D eigenvalue weighted by Crippen LogP contribution is -2.73. The zero-order valence-corrected chi connectivity index (χ0v) is 14.9. The van der Waals surface area contributed by atoms with Crippen LogP contribution in [-0.4, -0.2) is 60.4 Å². The van der Waals surface area contributed by atoms with E-state index in [0.717, 1.165) is 36.3 Å². The average molecular weight is 347 g/mol. The van der Waals surface area contributed by atoms with Crippen molar-refractivity contribution in [2.75, 3.05) is 27.8 Å². The van der Waals surface area contributed by atoms with Crippen LogP contribution >= 0.6 is 0 Å². The molecule has 0 amide bonds. The van der Waals surface area contributed by atoms with E-state index in [1.54, 1.807) is 14.2 Å². The molecule has 0 radical (unpaired) electrons. The zero-order valence-electron chi connectivity index (χ0n) is 14.9. The maximum atomic E-state index is 11.6. The van der Waals surface area contributed by atoms with Crippen molar-refractivity contribution in [3.63, 3.8) is 0 Å².